The lowest BCUT2D eigenvalue weighted by Crippen LogP contribution is -2.30. The molecular formula is C15H16FN3. The van der Waals surface area contributed by atoms with Gasteiger partial charge in [-0.2, -0.15) is 0 Å². The van der Waals surface area contributed by atoms with E-state index in [0.29, 0.717) is 0 Å². The Hall–Kier alpha value is -1.97. The average Bonchev–Trinajstić information content (AvgIpc) is 2.49. The Labute approximate surface area is 112 Å². The number of rotatable bonds is 2. The molecule has 1 aromatic carbocycles. The molecule has 1 fully saturated rings. The largest absolute Gasteiger partial charge is 0.341 e. The van der Waals surface area contributed by atoms with Crippen LogP contribution in [0.4, 0.5) is 10.3 Å². The number of anilines is 1. The zero-order valence-corrected chi connectivity index (χ0v) is 10.7. The molecule has 0 amide bonds. The van der Waals surface area contributed by atoms with Crippen LogP contribution >= 0.6 is 0 Å². The normalized spacial score (nSPS) is 15.5. The zero-order valence-electron chi connectivity index (χ0n) is 10.7. The predicted octanol–water partition coefficient (Wildman–Crippen LogP) is 3.27. The van der Waals surface area contributed by atoms with Gasteiger partial charge in [0.1, 0.15) is 5.82 Å². The van der Waals surface area contributed by atoms with Gasteiger partial charge in [-0.15, -0.1) is 0 Å². The minimum atomic E-state index is -0.227. The summed E-state index contributed by atoms with van der Waals surface area (Å²) in [7, 11) is 0. The highest BCUT2D eigenvalue weighted by Crippen LogP contribution is 2.20. The summed E-state index contributed by atoms with van der Waals surface area (Å²) < 4.78 is 12.9. The van der Waals surface area contributed by atoms with E-state index >= 15 is 0 Å². The predicted molar refractivity (Wildman–Crippen MR) is 73.5 cm³/mol. The molecule has 0 spiro atoms. The van der Waals surface area contributed by atoms with Gasteiger partial charge in [-0.3, -0.25) is 0 Å². The summed E-state index contributed by atoms with van der Waals surface area (Å²) in [5.74, 6) is 0.570. The van der Waals surface area contributed by atoms with E-state index in [1.807, 2.05) is 12.4 Å². The number of hydrogen-bond donors (Lipinski definition) is 0. The molecule has 0 aliphatic carbocycles. The summed E-state index contributed by atoms with van der Waals surface area (Å²) in [6, 6.07) is 6.39. The molecule has 1 aliphatic heterocycles. The molecule has 3 rings (SSSR count). The van der Waals surface area contributed by atoms with Crippen molar-refractivity contribution in [3.05, 3.63) is 42.5 Å². The van der Waals surface area contributed by atoms with Crippen molar-refractivity contribution in [2.24, 2.45) is 0 Å². The second kappa shape index (κ2) is 5.34. The molecule has 0 radical (unpaired) electrons. The van der Waals surface area contributed by atoms with E-state index in [1.54, 1.807) is 12.1 Å². The second-order valence-corrected chi connectivity index (χ2v) is 4.83. The molecule has 0 unspecified atom stereocenters. The first-order valence-electron chi connectivity index (χ1n) is 6.66. The molecule has 0 saturated carbocycles. The van der Waals surface area contributed by atoms with Crippen LogP contribution < -0.4 is 4.90 Å². The first kappa shape index (κ1) is 12.1. The monoisotopic (exact) mass is 257 g/mol. The standard InChI is InChI=1S/C15H16FN3/c16-14-6-4-12(5-7-14)13-10-17-15(18-11-13)19-8-2-1-3-9-19/h4-7,10-11H,1-3,8-9H2. The third-order valence-electron chi connectivity index (χ3n) is 3.45. The van der Waals surface area contributed by atoms with Crippen molar-refractivity contribution in [1.82, 2.24) is 9.97 Å². The molecule has 19 heavy (non-hydrogen) atoms. The lowest BCUT2D eigenvalue weighted by molar-refractivity contribution is 0.568. The summed E-state index contributed by atoms with van der Waals surface area (Å²) in [6.07, 6.45) is 7.34. The topological polar surface area (TPSA) is 29.0 Å². The van der Waals surface area contributed by atoms with Crippen LogP contribution in [0.3, 0.4) is 0 Å². The maximum Gasteiger partial charge on any atom is 0.225 e. The molecule has 3 nitrogen and oxygen atoms in total. The van der Waals surface area contributed by atoms with Crippen molar-refractivity contribution in [1.29, 1.82) is 0 Å². The first-order chi connectivity index (χ1) is 9.33. The van der Waals surface area contributed by atoms with Crippen LogP contribution in [0.15, 0.2) is 36.7 Å². The van der Waals surface area contributed by atoms with Gasteiger partial charge in [-0.05, 0) is 37.0 Å². The van der Waals surface area contributed by atoms with E-state index in [1.165, 1.54) is 31.4 Å². The summed E-state index contributed by atoms with van der Waals surface area (Å²) in [5.41, 5.74) is 1.85. The van der Waals surface area contributed by atoms with Crippen molar-refractivity contribution < 1.29 is 4.39 Å². The fourth-order valence-electron chi connectivity index (χ4n) is 2.37. The molecule has 1 saturated heterocycles. The Balaban J connectivity index is 1.80. The Morgan fingerprint density at radius 1 is 0.842 bits per heavy atom. The van der Waals surface area contributed by atoms with Gasteiger partial charge >= 0.3 is 0 Å². The zero-order chi connectivity index (χ0) is 13.1. The summed E-state index contributed by atoms with van der Waals surface area (Å²) >= 11 is 0. The maximum absolute atomic E-state index is 12.9. The van der Waals surface area contributed by atoms with Gasteiger partial charge in [0.25, 0.3) is 0 Å². The number of halogens is 1. The Morgan fingerprint density at radius 2 is 1.47 bits per heavy atom. The smallest absolute Gasteiger partial charge is 0.225 e. The van der Waals surface area contributed by atoms with Crippen LogP contribution in [0, 0.1) is 5.82 Å². The van der Waals surface area contributed by atoms with Gasteiger partial charge in [0.05, 0.1) is 0 Å². The molecule has 0 atom stereocenters. The molecule has 2 heterocycles. The van der Waals surface area contributed by atoms with Crippen molar-refractivity contribution in [3.8, 4) is 11.1 Å². The summed E-state index contributed by atoms with van der Waals surface area (Å²) in [5, 5.41) is 0. The summed E-state index contributed by atoms with van der Waals surface area (Å²) in [6.45, 7) is 2.08. The average molecular weight is 257 g/mol. The third-order valence-corrected chi connectivity index (χ3v) is 3.45. The van der Waals surface area contributed by atoms with E-state index in [-0.39, 0.29) is 5.82 Å². The van der Waals surface area contributed by atoms with Crippen LogP contribution in [0.2, 0.25) is 0 Å². The van der Waals surface area contributed by atoms with Gasteiger partial charge in [-0.1, -0.05) is 12.1 Å². The molecule has 1 aliphatic rings. The van der Waals surface area contributed by atoms with Gasteiger partial charge in [0.15, 0.2) is 0 Å². The lowest BCUT2D eigenvalue weighted by atomic mass is 10.1. The van der Waals surface area contributed by atoms with Gasteiger partial charge in [0, 0.05) is 31.0 Å². The highest BCUT2D eigenvalue weighted by atomic mass is 19.1. The van der Waals surface area contributed by atoms with Gasteiger partial charge in [-0.25, -0.2) is 14.4 Å². The molecule has 98 valence electrons. The Kier molecular flexibility index (Phi) is 3.40. The number of aromatic nitrogens is 2. The number of nitrogens with zero attached hydrogens (tertiary/aromatic N) is 3. The highest BCUT2D eigenvalue weighted by molar-refractivity contribution is 5.61. The van der Waals surface area contributed by atoms with Crippen molar-refractivity contribution in [2.45, 2.75) is 19.3 Å². The fraction of sp³-hybridized carbons (Fsp3) is 0.333. The maximum atomic E-state index is 12.9. The van der Waals surface area contributed by atoms with Crippen molar-refractivity contribution in [2.75, 3.05) is 18.0 Å². The number of hydrogen-bond acceptors (Lipinski definition) is 3. The van der Waals surface area contributed by atoms with Crippen molar-refractivity contribution in [3.63, 3.8) is 0 Å². The fourth-order valence-corrected chi connectivity index (χ4v) is 2.37. The van der Waals surface area contributed by atoms with Crippen molar-refractivity contribution >= 4 is 5.95 Å². The SMILES string of the molecule is Fc1ccc(-c2cnc(N3CCCCC3)nc2)cc1. The van der Waals surface area contributed by atoms with E-state index in [2.05, 4.69) is 14.9 Å². The number of benzene rings is 1. The molecule has 2 aromatic rings. The van der Waals surface area contributed by atoms with E-state index in [4.69, 9.17) is 0 Å². The Bertz CT molecular complexity index is 530. The summed E-state index contributed by atoms with van der Waals surface area (Å²) in [4.78, 5) is 11.1. The lowest BCUT2D eigenvalue weighted by Gasteiger charge is -2.26. The van der Waals surface area contributed by atoms with Crippen LogP contribution in [0.5, 0.6) is 0 Å². The van der Waals surface area contributed by atoms with E-state index in [0.717, 1.165) is 30.2 Å². The van der Waals surface area contributed by atoms with Crippen LogP contribution in [0.1, 0.15) is 19.3 Å². The number of piperidine rings is 1. The van der Waals surface area contributed by atoms with Crippen LogP contribution in [0.25, 0.3) is 11.1 Å². The van der Waals surface area contributed by atoms with Crippen LogP contribution in [-0.2, 0) is 0 Å². The minimum Gasteiger partial charge on any atom is -0.341 e. The van der Waals surface area contributed by atoms with Gasteiger partial charge < -0.3 is 4.90 Å². The quantitative estimate of drug-likeness (QED) is 0.826. The minimum absolute atomic E-state index is 0.227. The highest BCUT2D eigenvalue weighted by Gasteiger charge is 2.13. The molecule has 0 bridgehead atoms. The first-order valence-corrected chi connectivity index (χ1v) is 6.66. The van der Waals surface area contributed by atoms with E-state index in [9.17, 15) is 4.39 Å². The second-order valence-electron chi connectivity index (χ2n) is 4.83. The van der Waals surface area contributed by atoms with E-state index < -0.39 is 0 Å². The Morgan fingerprint density at radius 3 is 2.11 bits per heavy atom. The third kappa shape index (κ3) is 2.72. The molecular weight excluding hydrogens is 241 g/mol. The molecule has 0 N–H and O–H groups in total. The van der Waals surface area contributed by atoms with Crippen LogP contribution in [-0.4, -0.2) is 23.1 Å². The van der Waals surface area contributed by atoms with Gasteiger partial charge in [0.2, 0.25) is 5.95 Å². The molecule has 1 aromatic heterocycles. The molecule has 4 heteroatoms.